The van der Waals surface area contributed by atoms with E-state index in [2.05, 4.69) is 33.0 Å². The fraction of sp³-hybridized carbons (Fsp3) is 1.00. The van der Waals surface area contributed by atoms with Gasteiger partial charge in [0, 0.05) is 12.1 Å². The summed E-state index contributed by atoms with van der Waals surface area (Å²) >= 11 is 0. The second-order valence-corrected chi connectivity index (χ2v) is 5.11. The van der Waals surface area contributed by atoms with E-state index in [1.165, 1.54) is 0 Å². The van der Waals surface area contributed by atoms with Crippen LogP contribution in [0.3, 0.4) is 0 Å². The Hall–Kier alpha value is -0.120. The summed E-state index contributed by atoms with van der Waals surface area (Å²) in [6, 6.07) is 0. The van der Waals surface area contributed by atoms with Gasteiger partial charge in [0.2, 0.25) is 0 Å². The summed E-state index contributed by atoms with van der Waals surface area (Å²) in [4.78, 5) is 0. The van der Waals surface area contributed by atoms with E-state index in [-0.39, 0.29) is 17.7 Å². The fourth-order valence-electron chi connectivity index (χ4n) is 1.54. The molecule has 0 fully saturated rings. The highest BCUT2D eigenvalue weighted by Gasteiger charge is 2.24. The van der Waals surface area contributed by atoms with Gasteiger partial charge in [-0.15, -0.1) is 0 Å². The molecule has 0 aliphatic heterocycles. The number of aliphatic hydroxyl groups is 1. The molecule has 3 heteroatoms. The van der Waals surface area contributed by atoms with Gasteiger partial charge in [-0.2, -0.15) is 0 Å². The van der Waals surface area contributed by atoms with E-state index in [9.17, 15) is 5.11 Å². The molecule has 15 heavy (non-hydrogen) atoms. The van der Waals surface area contributed by atoms with Gasteiger partial charge in [-0.25, -0.2) is 0 Å². The summed E-state index contributed by atoms with van der Waals surface area (Å²) in [7, 11) is 1.91. The zero-order chi connectivity index (χ0) is 11.9. The molecule has 0 saturated carbocycles. The number of likely N-dealkylation sites (N-methyl/N-ethyl adjacent to an activating group) is 1. The molecule has 0 heterocycles. The molecule has 0 aromatic heterocycles. The molecule has 0 aromatic carbocycles. The van der Waals surface area contributed by atoms with Gasteiger partial charge >= 0.3 is 0 Å². The van der Waals surface area contributed by atoms with E-state index in [1.54, 1.807) is 0 Å². The van der Waals surface area contributed by atoms with Crippen LogP contribution < -0.4 is 5.32 Å². The standard InChI is InChI=1S/C12H27NO2/c1-6-12(10-14,13-5)8-7-9-15-11(2,3)4/h13-14H,6-10H2,1-5H3. The first kappa shape index (κ1) is 14.9. The van der Waals surface area contributed by atoms with Gasteiger partial charge in [-0.1, -0.05) is 6.92 Å². The maximum Gasteiger partial charge on any atom is 0.0613 e. The number of hydrogen-bond donors (Lipinski definition) is 2. The van der Waals surface area contributed by atoms with E-state index in [1.807, 2.05) is 7.05 Å². The number of aliphatic hydroxyl groups excluding tert-OH is 1. The highest BCUT2D eigenvalue weighted by atomic mass is 16.5. The third-order valence-electron chi connectivity index (χ3n) is 2.84. The molecule has 2 N–H and O–H groups in total. The lowest BCUT2D eigenvalue weighted by atomic mass is 9.92. The van der Waals surface area contributed by atoms with Crippen molar-refractivity contribution in [2.75, 3.05) is 20.3 Å². The summed E-state index contributed by atoms with van der Waals surface area (Å²) in [6.07, 6.45) is 2.87. The van der Waals surface area contributed by atoms with E-state index in [0.717, 1.165) is 25.9 Å². The van der Waals surface area contributed by atoms with Crippen molar-refractivity contribution >= 4 is 0 Å². The lowest BCUT2D eigenvalue weighted by Crippen LogP contribution is -2.46. The molecule has 0 aromatic rings. The maximum atomic E-state index is 9.33. The Morgan fingerprint density at radius 2 is 1.87 bits per heavy atom. The van der Waals surface area contributed by atoms with Gasteiger partial charge in [-0.3, -0.25) is 0 Å². The van der Waals surface area contributed by atoms with E-state index in [0.29, 0.717) is 0 Å². The van der Waals surface area contributed by atoms with Crippen molar-refractivity contribution in [3.63, 3.8) is 0 Å². The van der Waals surface area contributed by atoms with Gasteiger partial charge < -0.3 is 15.2 Å². The molecule has 0 amide bonds. The first-order valence-electron chi connectivity index (χ1n) is 5.83. The normalized spacial score (nSPS) is 16.4. The highest BCUT2D eigenvalue weighted by Crippen LogP contribution is 2.17. The van der Waals surface area contributed by atoms with E-state index < -0.39 is 0 Å². The van der Waals surface area contributed by atoms with Crippen molar-refractivity contribution < 1.29 is 9.84 Å². The van der Waals surface area contributed by atoms with Crippen LogP contribution in [0.1, 0.15) is 47.0 Å². The predicted molar refractivity (Wildman–Crippen MR) is 64.1 cm³/mol. The van der Waals surface area contributed by atoms with Gasteiger partial charge in [0.15, 0.2) is 0 Å². The molecule has 0 saturated heterocycles. The van der Waals surface area contributed by atoms with E-state index >= 15 is 0 Å². The monoisotopic (exact) mass is 217 g/mol. The Morgan fingerprint density at radius 3 is 2.20 bits per heavy atom. The van der Waals surface area contributed by atoms with Crippen LogP contribution in [-0.4, -0.2) is 36.5 Å². The third kappa shape index (κ3) is 6.13. The van der Waals surface area contributed by atoms with Gasteiger partial charge in [-0.05, 0) is 47.1 Å². The molecule has 1 atom stereocenters. The Morgan fingerprint density at radius 1 is 1.27 bits per heavy atom. The van der Waals surface area contributed by atoms with Crippen LogP contribution in [0.25, 0.3) is 0 Å². The molecular formula is C12H27NO2. The zero-order valence-corrected chi connectivity index (χ0v) is 10.9. The molecule has 0 spiro atoms. The van der Waals surface area contributed by atoms with Crippen molar-refractivity contribution in [1.29, 1.82) is 0 Å². The largest absolute Gasteiger partial charge is 0.394 e. The van der Waals surface area contributed by atoms with Crippen molar-refractivity contribution in [1.82, 2.24) is 5.32 Å². The Balaban J connectivity index is 3.82. The summed E-state index contributed by atoms with van der Waals surface area (Å²) in [5.74, 6) is 0. The number of hydrogen-bond acceptors (Lipinski definition) is 3. The van der Waals surface area contributed by atoms with Crippen LogP contribution in [-0.2, 0) is 4.74 Å². The molecule has 0 aliphatic carbocycles. The minimum Gasteiger partial charge on any atom is -0.394 e. The zero-order valence-electron chi connectivity index (χ0n) is 10.9. The Labute approximate surface area is 94.2 Å². The lowest BCUT2D eigenvalue weighted by molar-refractivity contribution is -0.00848. The summed E-state index contributed by atoms with van der Waals surface area (Å²) in [6.45, 7) is 9.22. The molecule has 0 radical (unpaired) electrons. The van der Waals surface area contributed by atoms with Crippen LogP contribution in [0.15, 0.2) is 0 Å². The molecule has 1 unspecified atom stereocenters. The van der Waals surface area contributed by atoms with Gasteiger partial charge in [0.05, 0.1) is 12.2 Å². The predicted octanol–water partition coefficient (Wildman–Crippen LogP) is 1.94. The quantitative estimate of drug-likeness (QED) is 0.640. The van der Waals surface area contributed by atoms with Crippen LogP contribution in [0.2, 0.25) is 0 Å². The molecule has 3 nitrogen and oxygen atoms in total. The topological polar surface area (TPSA) is 41.5 Å². The summed E-state index contributed by atoms with van der Waals surface area (Å²) in [5, 5.41) is 12.5. The SMILES string of the molecule is CCC(CO)(CCCOC(C)(C)C)NC. The van der Waals surface area contributed by atoms with Crippen molar-refractivity contribution in [2.24, 2.45) is 0 Å². The third-order valence-corrected chi connectivity index (χ3v) is 2.84. The number of nitrogens with one attached hydrogen (secondary N) is 1. The summed E-state index contributed by atoms with van der Waals surface area (Å²) < 4.78 is 5.65. The van der Waals surface area contributed by atoms with Crippen LogP contribution >= 0.6 is 0 Å². The van der Waals surface area contributed by atoms with E-state index in [4.69, 9.17) is 4.74 Å². The Kier molecular flexibility index (Phi) is 6.41. The van der Waals surface area contributed by atoms with Crippen molar-refractivity contribution in [2.45, 2.75) is 58.1 Å². The molecular weight excluding hydrogens is 190 g/mol. The molecule has 0 rings (SSSR count). The van der Waals surface area contributed by atoms with Crippen molar-refractivity contribution in [3.05, 3.63) is 0 Å². The average Bonchev–Trinajstić information content (AvgIpc) is 2.18. The second kappa shape index (κ2) is 6.46. The average molecular weight is 217 g/mol. The Bertz CT molecular complexity index is 151. The van der Waals surface area contributed by atoms with Crippen molar-refractivity contribution in [3.8, 4) is 0 Å². The van der Waals surface area contributed by atoms with Gasteiger partial charge in [0.25, 0.3) is 0 Å². The van der Waals surface area contributed by atoms with Gasteiger partial charge in [0.1, 0.15) is 0 Å². The second-order valence-electron chi connectivity index (χ2n) is 5.11. The molecule has 92 valence electrons. The number of rotatable bonds is 7. The van der Waals surface area contributed by atoms with Crippen LogP contribution in [0, 0.1) is 0 Å². The molecule has 0 aliphatic rings. The van der Waals surface area contributed by atoms with Crippen LogP contribution in [0.5, 0.6) is 0 Å². The minimum atomic E-state index is -0.124. The summed E-state index contributed by atoms with van der Waals surface area (Å²) in [5.41, 5.74) is -0.186. The number of ether oxygens (including phenoxy) is 1. The fourth-order valence-corrected chi connectivity index (χ4v) is 1.54. The lowest BCUT2D eigenvalue weighted by Gasteiger charge is -2.31. The molecule has 0 bridgehead atoms. The highest BCUT2D eigenvalue weighted by molar-refractivity contribution is 4.84. The maximum absolute atomic E-state index is 9.33. The first-order chi connectivity index (χ1) is 6.89. The first-order valence-corrected chi connectivity index (χ1v) is 5.83. The smallest absolute Gasteiger partial charge is 0.0613 e. The van der Waals surface area contributed by atoms with Crippen LogP contribution in [0.4, 0.5) is 0 Å². The minimum absolute atomic E-state index is 0.0618.